The van der Waals surface area contributed by atoms with Crippen LogP contribution in [0.4, 0.5) is 13.2 Å². The van der Waals surface area contributed by atoms with E-state index in [-0.39, 0.29) is 6.61 Å². The Morgan fingerprint density at radius 1 is 1.17 bits per heavy atom. The zero-order valence-electron chi connectivity index (χ0n) is 16.9. The van der Waals surface area contributed by atoms with Gasteiger partial charge in [-0.25, -0.2) is 4.79 Å². The van der Waals surface area contributed by atoms with Crippen molar-refractivity contribution < 1.29 is 22.7 Å². The van der Waals surface area contributed by atoms with Gasteiger partial charge in [0.2, 0.25) is 0 Å². The average Bonchev–Trinajstić information content (AvgIpc) is 3.13. The smallest absolute Gasteiger partial charge is 0.426 e. The van der Waals surface area contributed by atoms with Gasteiger partial charge in [-0.3, -0.25) is 0 Å². The fraction of sp³-hybridized carbons (Fsp3) is 0.348. The van der Waals surface area contributed by atoms with Crippen molar-refractivity contribution >= 4 is 17.6 Å². The van der Waals surface area contributed by atoms with E-state index in [1.165, 1.54) is 0 Å². The number of allylic oxidation sites excluding steroid dienone is 1. The quantitative estimate of drug-likeness (QED) is 0.606. The molecule has 2 atom stereocenters. The Kier molecular flexibility index (Phi) is 5.78. The van der Waals surface area contributed by atoms with Crippen LogP contribution in [0.25, 0.3) is 11.1 Å². The highest BCUT2D eigenvalue weighted by Crippen LogP contribution is 2.62. The van der Waals surface area contributed by atoms with E-state index in [9.17, 15) is 18.0 Å². The van der Waals surface area contributed by atoms with Gasteiger partial charge in [0.15, 0.2) is 0 Å². The van der Waals surface area contributed by atoms with E-state index in [0.29, 0.717) is 0 Å². The molecule has 0 radical (unpaired) electrons. The maximum absolute atomic E-state index is 12.8. The van der Waals surface area contributed by atoms with Crippen LogP contribution in [0.2, 0.25) is 0 Å². The molecule has 30 heavy (non-hydrogen) atoms. The van der Waals surface area contributed by atoms with Crippen molar-refractivity contribution in [3.05, 3.63) is 70.8 Å². The lowest BCUT2D eigenvalue weighted by atomic mass is 9.97. The first-order chi connectivity index (χ1) is 13.9. The molecule has 0 amide bonds. The minimum Gasteiger partial charge on any atom is -0.459 e. The van der Waals surface area contributed by atoms with Crippen LogP contribution in [-0.2, 0) is 16.1 Å². The predicted molar refractivity (Wildman–Crippen MR) is 111 cm³/mol. The van der Waals surface area contributed by atoms with Crippen LogP contribution in [0.5, 0.6) is 0 Å². The molecule has 1 saturated carbocycles. The molecule has 160 valence electrons. The summed E-state index contributed by atoms with van der Waals surface area (Å²) in [6.07, 6.45) is -3.87. The number of nitrogens with two attached hydrogens (primary N) is 1. The molecule has 7 heteroatoms. The van der Waals surface area contributed by atoms with Crippen LogP contribution >= 0.6 is 11.6 Å². The summed E-state index contributed by atoms with van der Waals surface area (Å²) in [6, 6.07) is 15.5. The highest BCUT2D eigenvalue weighted by Gasteiger charge is 2.74. The Labute approximate surface area is 178 Å². The van der Waals surface area contributed by atoms with E-state index in [4.69, 9.17) is 22.1 Å². The molecular weight excluding hydrogens is 415 g/mol. The molecule has 0 heterocycles. The average molecular weight is 438 g/mol. The molecule has 0 saturated heterocycles. The van der Waals surface area contributed by atoms with E-state index in [1.54, 1.807) is 13.8 Å². The molecule has 1 fully saturated rings. The number of carbonyl (C=O) groups excluding carboxylic acids is 1. The number of hydrogen-bond donors (Lipinski definition) is 1. The van der Waals surface area contributed by atoms with Crippen LogP contribution in [-0.4, -0.2) is 17.7 Å². The maximum Gasteiger partial charge on any atom is 0.426 e. The van der Waals surface area contributed by atoms with Crippen molar-refractivity contribution in [1.82, 2.24) is 0 Å². The van der Waals surface area contributed by atoms with Crippen molar-refractivity contribution in [1.29, 1.82) is 0 Å². The standard InChI is InChI=1S/C23H23ClF3NO2/c1-14-16(10-7-11-17(14)15-8-5-4-6-9-15)13-30-20(29)22(28)18(21(22,2)3)12-19(24)23(25,26)27/h4-12,18H,13,28H2,1-3H3/b19-12-/t18-,22-/m1/s1. The van der Waals surface area contributed by atoms with Crippen molar-refractivity contribution in [2.24, 2.45) is 17.1 Å². The van der Waals surface area contributed by atoms with Crippen molar-refractivity contribution in [3.8, 4) is 11.1 Å². The molecule has 0 aliphatic heterocycles. The van der Waals surface area contributed by atoms with Gasteiger partial charge in [0.25, 0.3) is 0 Å². The minimum atomic E-state index is -4.68. The molecular formula is C23H23ClF3NO2. The van der Waals surface area contributed by atoms with Crippen molar-refractivity contribution in [3.63, 3.8) is 0 Å². The molecule has 2 aromatic rings. The second kappa shape index (κ2) is 7.75. The third kappa shape index (κ3) is 3.86. The topological polar surface area (TPSA) is 52.3 Å². The number of ether oxygens (including phenoxy) is 1. The van der Waals surface area contributed by atoms with Crippen LogP contribution in [0, 0.1) is 18.3 Å². The third-order valence-electron chi connectivity index (χ3n) is 6.06. The van der Waals surface area contributed by atoms with Gasteiger partial charge < -0.3 is 10.5 Å². The summed E-state index contributed by atoms with van der Waals surface area (Å²) in [4.78, 5) is 12.7. The van der Waals surface area contributed by atoms with Crippen LogP contribution in [0.3, 0.4) is 0 Å². The van der Waals surface area contributed by atoms with E-state index in [0.717, 1.165) is 28.3 Å². The summed E-state index contributed by atoms with van der Waals surface area (Å²) in [5, 5.41) is -1.29. The molecule has 1 aliphatic carbocycles. The molecule has 1 aliphatic rings. The number of rotatable bonds is 5. The molecule has 2 N–H and O–H groups in total. The number of halogens is 4. The van der Waals surface area contributed by atoms with Crippen LogP contribution in [0.15, 0.2) is 59.6 Å². The first-order valence-corrected chi connectivity index (χ1v) is 9.83. The SMILES string of the molecule is Cc1c(COC(=O)[C@]2(N)[C@H](/C=C(\Cl)C(F)(F)F)C2(C)C)cccc1-c1ccccc1. The summed E-state index contributed by atoms with van der Waals surface area (Å²) < 4.78 is 43.8. The van der Waals surface area contributed by atoms with E-state index >= 15 is 0 Å². The number of hydrogen-bond acceptors (Lipinski definition) is 3. The van der Waals surface area contributed by atoms with Crippen molar-refractivity contribution in [2.45, 2.75) is 39.1 Å². The fourth-order valence-electron chi connectivity index (χ4n) is 3.84. The minimum absolute atomic E-state index is 0.0240. The van der Waals surface area contributed by atoms with Gasteiger partial charge in [0.05, 0.1) is 0 Å². The molecule has 3 rings (SSSR count). The Hall–Kier alpha value is -2.31. The highest BCUT2D eigenvalue weighted by atomic mass is 35.5. The van der Waals surface area contributed by atoms with Crippen molar-refractivity contribution in [2.75, 3.05) is 0 Å². The molecule has 0 bridgehead atoms. The Bertz CT molecular complexity index is 986. The molecule has 0 unspecified atom stereocenters. The lowest BCUT2D eigenvalue weighted by molar-refractivity contribution is -0.149. The van der Waals surface area contributed by atoms with Crippen LogP contribution in [0.1, 0.15) is 25.0 Å². The van der Waals surface area contributed by atoms with E-state index in [1.807, 2.05) is 55.5 Å². The Balaban J connectivity index is 1.76. The normalized spacial score (nSPS) is 23.2. The summed E-state index contributed by atoms with van der Waals surface area (Å²) in [7, 11) is 0. The monoisotopic (exact) mass is 437 g/mol. The van der Waals surface area contributed by atoms with Gasteiger partial charge in [-0.2, -0.15) is 13.2 Å². The first kappa shape index (κ1) is 22.4. The van der Waals surface area contributed by atoms with Gasteiger partial charge in [0.1, 0.15) is 17.2 Å². The third-order valence-corrected chi connectivity index (χ3v) is 6.40. The summed E-state index contributed by atoms with van der Waals surface area (Å²) >= 11 is 5.35. The number of benzene rings is 2. The molecule has 2 aromatic carbocycles. The highest BCUT2D eigenvalue weighted by molar-refractivity contribution is 6.30. The lowest BCUT2D eigenvalue weighted by Crippen LogP contribution is -2.40. The number of carbonyl (C=O) groups is 1. The molecule has 0 spiro atoms. The lowest BCUT2D eigenvalue weighted by Gasteiger charge is -2.16. The second-order valence-electron chi connectivity index (χ2n) is 8.11. The van der Waals surface area contributed by atoms with E-state index in [2.05, 4.69) is 0 Å². The van der Waals surface area contributed by atoms with Gasteiger partial charge in [0, 0.05) is 11.3 Å². The predicted octanol–water partition coefficient (Wildman–Crippen LogP) is 5.74. The summed E-state index contributed by atoms with van der Waals surface area (Å²) in [5.74, 6) is -1.62. The summed E-state index contributed by atoms with van der Waals surface area (Å²) in [5.41, 5.74) is 7.51. The Morgan fingerprint density at radius 2 is 1.80 bits per heavy atom. The fourth-order valence-corrected chi connectivity index (χ4v) is 3.97. The number of esters is 1. The largest absolute Gasteiger partial charge is 0.459 e. The molecule has 3 nitrogen and oxygen atoms in total. The number of alkyl halides is 3. The van der Waals surface area contributed by atoms with Gasteiger partial charge in [-0.1, -0.05) is 80.1 Å². The zero-order valence-corrected chi connectivity index (χ0v) is 17.6. The first-order valence-electron chi connectivity index (χ1n) is 9.45. The maximum atomic E-state index is 12.8. The van der Waals surface area contributed by atoms with Gasteiger partial charge in [-0.05, 0) is 29.2 Å². The zero-order chi connectivity index (χ0) is 22.3. The van der Waals surface area contributed by atoms with Gasteiger partial charge >= 0.3 is 12.1 Å². The second-order valence-corrected chi connectivity index (χ2v) is 8.52. The van der Waals surface area contributed by atoms with E-state index < -0.39 is 34.0 Å². The summed E-state index contributed by atoms with van der Waals surface area (Å²) in [6.45, 7) is 5.15. The van der Waals surface area contributed by atoms with Gasteiger partial charge in [-0.15, -0.1) is 0 Å². The molecule has 0 aromatic heterocycles. The Morgan fingerprint density at radius 3 is 2.40 bits per heavy atom. The van der Waals surface area contributed by atoms with Crippen LogP contribution < -0.4 is 5.73 Å².